The van der Waals surface area contributed by atoms with Gasteiger partial charge in [0.05, 0.1) is 11.3 Å². The van der Waals surface area contributed by atoms with Crippen LogP contribution >= 0.6 is 0 Å². The van der Waals surface area contributed by atoms with Gasteiger partial charge in [-0.25, -0.2) is 4.39 Å². The van der Waals surface area contributed by atoms with E-state index in [0.29, 0.717) is 5.76 Å². The zero-order chi connectivity index (χ0) is 13.1. The fraction of sp³-hybridized carbons (Fsp3) is 0.231. The summed E-state index contributed by atoms with van der Waals surface area (Å²) in [5.41, 5.74) is 1.57. The van der Waals surface area contributed by atoms with Gasteiger partial charge in [-0.05, 0) is 26.0 Å². The summed E-state index contributed by atoms with van der Waals surface area (Å²) >= 11 is 0. The number of amides is 1. The lowest BCUT2D eigenvalue weighted by Crippen LogP contribution is -2.24. The summed E-state index contributed by atoms with van der Waals surface area (Å²) in [6, 6.07) is 5.86. The van der Waals surface area contributed by atoms with Crippen molar-refractivity contribution in [3.05, 3.63) is 52.7 Å². The Kier molecular flexibility index (Phi) is 3.41. The molecule has 18 heavy (non-hydrogen) atoms. The molecule has 1 amide bonds. The number of carbonyl (C=O) groups excluding carboxylic acids is 1. The van der Waals surface area contributed by atoms with Crippen LogP contribution in [0.2, 0.25) is 0 Å². The van der Waals surface area contributed by atoms with E-state index >= 15 is 0 Å². The van der Waals surface area contributed by atoms with Crippen molar-refractivity contribution in [3.8, 4) is 0 Å². The summed E-state index contributed by atoms with van der Waals surface area (Å²) in [7, 11) is 0. The van der Waals surface area contributed by atoms with Gasteiger partial charge in [-0.2, -0.15) is 0 Å². The highest BCUT2D eigenvalue weighted by atomic mass is 19.1. The number of benzene rings is 1. The van der Waals surface area contributed by atoms with E-state index in [4.69, 9.17) is 4.52 Å². The Labute approximate surface area is 104 Å². The Hall–Kier alpha value is -2.17. The van der Waals surface area contributed by atoms with Crippen LogP contribution in [0.15, 0.2) is 28.8 Å². The predicted molar refractivity (Wildman–Crippen MR) is 63.5 cm³/mol. The van der Waals surface area contributed by atoms with Crippen LogP contribution in [-0.2, 0) is 6.54 Å². The molecule has 0 saturated heterocycles. The molecule has 2 rings (SSSR count). The van der Waals surface area contributed by atoms with Crippen molar-refractivity contribution in [2.24, 2.45) is 0 Å². The van der Waals surface area contributed by atoms with E-state index < -0.39 is 11.7 Å². The van der Waals surface area contributed by atoms with Crippen LogP contribution in [0.4, 0.5) is 4.39 Å². The number of hydrogen-bond donors (Lipinski definition) is 1. The van der Waals surface area contributed by atoms with Gasteiger partial charge >= 0.3 is 0 Å². The molecule has 1 N–H and O–H groups in total. The molecule has 0 bridgehead atoms. The lowest BCUT2D eigenvalue weighted by atomic mass is 10.1. The number of carbonyl (C=O) groups is 1. The molecule has 0 aliphatic heterocycles. The molecule has 4 nitrogen and oxygen atoms in total. The maximum atomic E-state index is 13.4. The van der Waals surface area contributed by atoms with Crippen LogP contribution in [0.25, 0.3) is 0 Å². The molecule has 0 unspecified atom stereocenters. The van der Waals surface area contributed by atoms with E-state index in [2.05, 4.69) is 10.5 Å². The number of halogens is 1. The Morgan fingerprint density at radius 1 is 1.39 bits per heavy atom. The first-order valence-corrected chi connectivity index (χ1v) is 5.54. The first kappa shape index (κ1) is 12.3. The van der Waals surface area contributed by atoms with Gasteiger partial charge in [0, 0.05) is 12.1 Å². The van der Waals surface area contributed by atoms with E-state index in [1.54, 1.807) is 26.0 Å². The van der Waals surface area contributed by atoms with E-state index in [-0.39, 0.29) is 12.1 Å². The molecule has 0 atom stereocenters. The number of hydrogen-bond acceptors (Lipinski definition) is 3. The van der Waals surface area contributed by atoms with Crippen LogP contribution in [0.5, 0.6) is 0 Å². The second-order valence-electron chi connectivity index (χ2n) is 3.97. The van der Waals surface area contributed by atoms with Crippen LogP contribution < -0.4 is 5.32 Å². The van der Waals surface area contributed by atoms with Crippen LogP contribution in [-0.4, -0.2) is 11.1 Å². The monoisotopic (exact) mass is 248 g/mol. The third-order valence-corrected chi connectivity index (χ3v) is 2.73. The molecule has 0 spiro atoms. The average Bonchev–Trinajstić information content (AvgIpc) is 2.67. The van der Waals surface area contributed by atoms with Crippen molar-refractivity contribution in [1.29, 1.82) is 0 Å². The minimum Gasteiger partial charge on any atom is -0.361 e. The summed E-state index contributed by atoms with van der Waals surface area (Å²) in [6.07, 6.45) is 0. The minimum atomic E-state index is -0.534. The molecule has 0 saturated carbocycles. The van der Waals surface area contributed by atoms with Gasteiger partial charge in [-0.15, -0.1) is 0 Å². The van der Waals surface area contributed by atoms with E-state index in [9.17, 15) is 9.18 Å². The first-order valence-electron chi connectivity index (χ1n) is 5.54. The SMILES string of the molecule is Cc1noc(C)c1CNC(=O)c1ccccc1F. The van der Waals surface area contributed by atoms with Gasteiger partial charge in [-0.3, -0.25) is 4.79 Å². The van der Waals surface area contributed by atoms with Crippen molar-refractivity contribution in [2.45, 2.75) is 20.4 Å². The van der Waals surface area contributed by atoms with Gasteiger partial charge < -0.3 is 9.84 Å². The van der Waals surface area contributed by atoms with Gasteiger partial charge in [0.25, 0.3) is 5.91 Å². The fourth-order valence-electron chi connectivity index (χ4n) is 1.66. The number of aryl methyl sites for hydroxylation is 2. The standard InChI is InChI=1S/C13H13FN2O2/c1-8-11(9(2)18-16-8)7-15-13(17)10-5-3-4-6-12(10)14/h3-6H,7H2,1-2H3,(H,15,17). The summed E-state index contributed by atoms with van der Waals surface area (Å²) in [5.74, 6) is -0.330. The molecule has 94 valence electrons. The smallest absolute Gasteiger partial charge is 0.254 e. The number of rotatable bonds is 3. The van der Waals surface area contributed by atoms with Gasteiger partial charge in [-0.1, -0.05) is 17.3 Å². The molecular weight excluding hydrogens is 235 g/mol. The summed E-state index contributed by atoms with van der Waals surface area (Å²) in [5, 5.41) is 6.43. The zero-order valence-corrected chi connectivity index (χ0v) is 10.2. The molecule has 0 aliphatic rings. The molecule has 1 aromatic carbocycles. The molecule has 1 aromatic heterocycles. The normalized spacial score (nSPS) is 10.4. The van der Waals surface area contributed by atoms with E-state index in [1.165, 1.54) is 12.1 Å². The molecule has 1 heterocycles. The van der Waals surface area contributed by atoms with Crippen molar-refractivity contribution >= 4 is 5.91 Å². The van der Waals surface area contributed by atoms with Crippen molar-refractivity contribution < 1.29 is 13.7 Å². The van der Waals surface area contributed by atoms with Gasteiger partial charge in [0.1, 0.15) is 11.6 Å². The van der Waals surface area contributed by atoms with Crippen molar-refractivity contribution in [1.82, 2.24) is 10.5 Å². The lowest BCUT2D eigenvalue weighted by Gasteiger charge is -2.05. The van der Waals surface area contributed by atoms with Crippen molar-refractivity contribution in [2.75, 3.05) is 0 Å². The molecule has 5 heteroatoms. The van der Waals surface area contributed by atoms with Gasteiger partial charge in [0.2, 0.25) is 0 Å². The summed E-state index contributed by atoms with van der Waals surface area (Å²) in [4.78, 5) is 11.8. The predicted octanol–water partition coefficient (Wildman–Crippen LogP) is 2.36. The fourth-order valence-corrected chi connectivity index (χ4v) is 1.66. The third kappa shape index (κ3) is 2.40. The summed E-state index contributed by atoms with van der Waals surface area (Å²) < 4.78 is 18.4. The van der Waals surface area contributed by atoms with Gasteiger partial charge in [0.15, 0.2) is 0 Å². The quantitative estimate of drug-likeness (QED) is 0.907. The second kappa shape index (κ2) is 5.00. The van der Waals surface area contributed by atoms with Crippen LogP contribution in [0, 0.1) is 19.7 Å². The maximum Gasteiger partial charge on any atom is 0.254 e. The Morgan fingerprint density at radius 3 is 2.72 bits per heavy atom. The zero-order valence-electron chi connectivity index (χ0n) is 10.2. The Bertz CT molecular complexity index is 559. The number of nitrogens with one attached hydrogen (secondary N) is 1. The van der Waals surface area contributed by atoms with E-state index in [0.717, 1.165) is 11.3 Å². The molecule has 0 aliphatic carbocycles. The highest BCUT2D eigenvalue weighted by Crippen LogP contribution is 2.12. The first-order chi connectivity index (χ1) is 8.59. The molecule has 2 aromatic rings. The van der Waals surface area contributed by atoms with Crippen molar-refractivity contribution in [3.63, 3.8) is 0 Å². The third-order valence-electron chi connectivity index (χ3n) is 2.73. The molecular formula is C13H13FN2O2. The highest BCUT2D eigenvalue weighted by molar-refractivity contribution is 5.94. The molecule has 0 fully saturated rings. The Balaban J connectivity index is 2.08. The molecule has 0 radical (unpaired) electrons. The highest BCUT2D eigenvalue weighted by Gasteiger charge is 2.13. The number of aromatic nitrogens is 1. The number of nitrogens with zero attached hydrogens (tertiary/aromatic N) is 1. The Morgan fingerprint density at radius 2 is 2.11 bits per heavy atom. The van der Waals surface area contributed by atoms with E-state index in [1.807, 2.05) is 0 Å². The topological polar surface area (TPSA) is 55.1 Å². The second-order valence-corrected chi connectivity index (χ2v) is 3.97. The van der Waals surface area contributed by atoms with Crippen LogP contribution in [0.1, 0.15) is 27.4 Å². The maximum absolute atomic E-state index is 13.4. The minimum absolute atomic E-state index is 0.0317. The lowest BCUT2D eigenvalue weighted by molar-refractivity contribution is 0.0947. The largest absolute Gasteiger partial charge is 0.361 e. The van der Waals surface area contributed by atoms with Crippen LogP contribution in [0.3, 0.4) is 0 Å². The summed E-state index contributed by atoms with van der Waals surface area (Å²) in [6.45, 7) is 3.83. The average molecular weight is 248 g/mol.